The van der Waals surface area contributed by atoms with Crippen molar-refractivity contribution in [3.8, 4) is 11.1 Å². The number of nitrogens with zero attached hydrogens (tertiary/aromatic N) is 2. The fourth-order valence-corrected chi connectivity index (χ4v) is 3.38. The minimum absolute atomic E-state index is 0. The van der Waals surface area contributed by atoms with Crippen LogP contribution in [-0.4, -0.2) is 9.55 Å². The Balaban J connectivity index is 0.00000210. The number of aromatic nitrogens is 2. The molecule has 0 atom stereocenters. The third-order valence-electron chi connectivity index (χ3n) is 4.91. The lowest BCUT2D eigenvalue weighted by molar-refractivity contribution is 0.626. The summed E-state index contributed by atoms with van der Waals surface area (Å²) in [7, 11) is 0. The number of rotatable bonds is 3. The predicted octanol–water partition coefficient (Wildman–Crippen LogP) is 6.07. The molecule has 0 aliphatic rings. The van der Waals surface area contributed by atoms with Crippen LogP contribution in [0.1, 0.15) is 16.8 Å². The van der Waals surface area contributed by atoms with Crippen molar-refractivity contribution in [2.45, 2.75) is 20.4 Å². The molecule has 5 heteroatoms. The van der Waals surface area contributed by atoms with Gasteiger partial charge in [0.05, 0.1) is 11.0 Å². The van der Waals surface area contributed by atoms with Crippen LogP contribution in [0.15, 0.2) is 60.8 Å². The van der Waals surface area contributed by atoms with E-state index in [4.69, 9.17) is 0 Å². The van der Waals surface area contributed by atoms with E-state index in [1.807, 2.05) is 6.07 Å². The zero-order valence-electron chi connectivity index (χ0n) is 15.0. The zero-order chi connectivity index (χ0) is 18.3. The Hall–Kier alpha value is -2.72. The minimum Gasteiger partial charge on any atom is -0.338 e. The summed E-state index contributed by atoms with van der Waals surface area (Å²) in [6.07, 6.45) is 1.79. The molecule has 0 saturated carbocycles. The molecule has 0 amide bonds. The largest absolute Gasteiger partial charge is 0.338 e. The summed E-state index contributed by atoms with van der Waals surface area (Å²) < 4.78 is 28.8. The second-order valence-corrected chi connectivity index (χ2v) is 6.49. The van der Waals surface area contributed by atoms with Gasteiger partial charge in [0.1, 0.15) is 11.6 Å². The summed E-state index contributed by atoms with van der Waals surface area (Å²) in [5, 5.41) is 0. The molecule has 2 nitrogen and oxygen atoms in total. The number of benzene rings is 2. The van der Waals surface area contributed by atoms with Gasteiger partial charge < -0.3 is 4.57 Å². The van der Waals surface area contributed by atoms with Gasteiger partial charge in [-0.1, -0.05) is 24.3 Å². The van der Waals surface area contributed by atoms with Crippen molar-refractivity contribution in [3.05, 3.63) is 89.2 Å². The molecule has 2 aromatic carbocycles. The Morgan fingerprint density at radius 3 is 2.07 bits per heavy atom. The number of halogens is 3. The van der Waals surface area contributed by atoms with Crippen LogP contribution in [-0.2, 0) is 6.54 Å². The van der Waals surface area contributed by atoms with Gasteiger partial charge >= 0.3 is 0 Å². The first kappa shape index (κ1) is 19.1. The molecule has 0 fully saturated rings. The average Bonchev–Trinajstić information content (AvgIpc) is 2.89. The van der Waals surface area contributed by atoms with E-state index >= 15 is 0 Å². The van der Waals surface area contributed by atoms with E-state index in [2.05, 4.69) is 23.4 Å². The fourth-order valence-electron chi connectivity index (χ4n) is 3.38. The van der Waals surface area contributed by atoms with E-state index in [9.17, 15) is 8.78 Å². The molecule has 2 heterocycles. The summed E-state index contributed by atoms with van der Waals surface area (Å²) in [5.41, 5.74) is 7.15. The van der Waals surface area contributed by atoms with Crippen LogP contribution in [0.4, 0.5) is 8.78 Å². The highest BCUT2D eigenvalue weighted by Crippen LogP contribution is 2.33. The van der Waals surface area contributed by atoms with Crippen molar-refractivity contribution < 1.29 is 8.78 Å². The van der Waals surface area contributed by atoms with Gasteiger partial charge in [0.2, 0.25) is 0 Å². The Bertz CT molecular complexity index is 1080. The van der Waals surface area contributed by atoms with E-state index in [1.165, 1.54) is 24.3 Å². The number of hydrogen-bond acceptors (Lipinski definition) is 1. The topological polar surface area (TPSA) is 17.8 Å². The molecule has 0 unspecified atom stereocenters. The minimum atomic E-state index is -0.256. The zero-order valence-corrected chi connectivity index (χ0v) is 15.9. The van der Waals surface area contributed by atoms with Gasteiger partial charge in [0.25, 0.3) is 0 Å². The molecule has 2 aromatic heterocycles. The Labute approximate surface area is 162 Å². The lowest BCUT2D eigenvalue weighted by Crippen LogP contribution is -2.03. The van der Waals surface area contributed by atoms with Gasteiger partial charge in [-0.25, -0.2) is 8.78 Å². The highest BCUT2D eigenvalue weighted by atomic mass is 35.5. The summed E-state index contributed by atoms with van der Waals surface area (Å²) >= 11 is 0. The molecular formula is C22H19ClF2N2. The van der Waals surface area contributed by atoms with Crippen molar-refractivity contribution in [2.24, 2.45) is 0 Å². The van der Waals surface area contributed by atoms with Gasteiger partial charge in [-0.3, -0.25) is 4.98 Å². The normalized spacial score (nSPS) is 10.8. The van der Waals surface area contributed by atoms with Crippen LogP contribution < -0.4 is 0 Å². The second kappa shape index (κ2) is 7.49. The van der Waals surface area contributed by atoms with Crippen molar-refractivity contribution >= 4 is 23.4 Å². The van der Waals surface area contributed by atoms with E-state index in [1.54, 1.807) is 30.5 Å². The molecule has 0 saturated heterocycles. The fraction of sp³-hybridized carbons (Fsp3) is 0.136. The Morgan fingerprint density at radius 1 is 0.852 bits per heavy atom. The molecule has 27 heavy (non-hydrogen) atoms. The van der Waals surface area contributed by atoms with E-state index in [0.29, 0.717) is 6.54 Å². The number of fused-ring (bicyclic) bond motifs is 1. The van der Waals surface area contributed by atoms with Gasteiger partial charge in [-0.15, -0.1) is 12.4 Å². The quantitative estimate of drug-likeness (QED) is 0.419. The Kier molecular flexibility index (Phi) is 5.29. The third-order valence-corrected chi connectivity index (χ3v) is 4.91. The SMILES string of the molecule is Cc1c(C)n(Cc2ccc(F)cc2)c2c(-c3ccc(F)cc3)ccnc12.Cl. The summed E-state index contributed by atoms with van der Waals surface area (Å²) in [6.45, 7) is 4.74. The van der Waals surface area contributed by atoms with E-state index in [-0.39, 0.29) is 24.0 Å². The van der Waals surface area contributed by atoms with E-state index < -0.39 is 0 Å². The summed E-state index contributed by atoms with van der Waals surface area (Å²) in [6, 6.07) is 15.0. The summed E-state index contributed by atoms with van der Waals surface area (Å²) in [5.74, 6) is -0.499. The first-order valence-electron chi connectivity index (χ1n) is 8.49. The van der Waals surface area contributed by atoms with Crippen LogP contribution in [0, 0.1) is 25.5 Å². The third kappa shape index (κ3) is 3.45. The molecule has 0 N–H and O–H groups in total. The Morgan fingerprint density at radius 2 is 1.44 bits per heavy atom. The van der Waals surface area contributed by atoms with Crippen LogP contribution in [0.5, 0.6) is 0 Å². The molecule has 0 aliphatic heterocycles. The lowest BCUT2D eigenvalue weighted by atomic mass is 10.0. The molecule has 0 radical (unpaired) electrons. The summed E-state index contributed by atoms with van der Waals surface area (Å²) in [4.78, 5) is 4.57. The number of aryl methyl sites for hydroxylation is 1. The first-order valence-corrected chi connectivity index (χ1v) is 8.49. The molecule has 138 valence electrons. The average molecular weight is 385 g/mol. The number of hydrogen-bond donors (Lipinski definition) is 0. The van der Waals surface area contributed by atoms with Crippen molar-refractivity contribution in [3.63, 3.8) is 0 Å². The predicted molar refractivity (Wildman–Crippen MR) is 107 cm³/mol. The smallest absolute Gasteiger partial charge is 0.123 e. The molecular weight excluding hydrogens is 366 g/mol. The highest BCUT2D eigenvalue weighted by molar-refractivity contribution is 5.95. The van der Waals surface area contributed by atoms with Crippen LogP contribution >= 0.6 is 12.4 Å². The van der Waals surface area contributed by atoms with Crippen LogP contribution in [0.2, 0.25) is 0 Å². The highest BCUT2D eigenvalue weighted by Gasteiger charge is 2.16. The molecule has 0 aliphatic carbocycles. The van der Waals surface area contributed by atoms with Crippen LogP contribution in [0.25, 0.3) is 22.2 Å². The van der Waals surface area contributed by atoms with Crippen molar-refractivity contribution in [1.82, 2.24) is 9.55 Å². The molecule has 4 rings (SSSR count). The number of pyridine rings is 1. The van der Waals surface area contributed by atoms with E-state index in [0.717, 1.165) is 39.0 Å². The maximum absolute atomic E-state index is 13.3. The first-order chi connectivity index (χ1) is 12.5. The van der Waals surface area contributed by atoms with Crippen molar-refractivity contribution in [1.29, 1.82) is 0 Å². The van der Waals surface area contributed by atoms with Gasteiger partial charge in [0, 0.05) is 24.0 Å². The molecule has 4 aromatic rings. The van der Waals surface area contributed by atoms with Crippen LogP contribution in [0.3, 0.4) is 0 Å². The molecule has 0 spiro atoms. The lowest BCUT2D eigenvalue weighted by Gasteiger charge is -2.12. The monoisotopic (exact) mass is 384 g/mol. The van der Waals surface area contributed by atoms with Crippen molar-refractivity contribution in [2.75, 3.05) is 0 Å². The standard InChI is InChI=1S/C22H18F2N2.ClH/c1-14-15(2)26(13-16-3-7-18(23)8-4-16)22-20(11-12-25-21(14)22)17-5-9-19(24)10-6-17;/h3-12H,13H2,1-2H3;1H. The maximum Gasteiger partial charge on any atom is 0.123 e. The second-order valence-electron chi connectivity index (χ2n) is 6.49. The van der Waals surface area contributed by atoms with Gasteiger partial charge in [-0.05, 0) is 60.9 Å². The molecule has 0 bridgehead atoms. The van der Waals surface area contributed by atoms with Gasteiger partial charge in [0.15, 0.2) is 0 Å². The van der Waals surface area contributed by atoms with Gasteiger partial charge in [-0.2, -0.15) is 0 Å². The maximum atomic E-state index is 13.3.